The van der Waals surface area contributed by atoms with Crippen molar-refractivity contribution < 1.29 is 14.7 Å². The van der Waals surface area contributed by atoms with Gasteiger partial charge in [0.1, 0.15) is 0 Å². The molecule has 0 aliphatic carbocycles. The Labute approximate surface area is 134 Å². The lowest BCUT2D eigenvalue weighted by Gasteiger charge is -2.19. The average molecular weight is 408 g/mol. The van der Waals surface area contributed by atoms with Gasteiger partial charge in [0.2, 0.25) is 5.91 Å². The molecule has 2 unspecified atom stereocenters. The van der Waals surface area contributed by atoms with Crippen LogP contribution in [-0.4, -0.2) is 23.0 Å². The Morgan fingerprint density at radius 1 is 1.40 bits per heavy atom. The highest BCUT2D eigenvalue weighted by molar-refractivity contribution is 9.11. The number of rotatable bonds is 5. The second-order valence-corrected chi connectivity index (χ2v) is 6.29. The monoisotopic (exact) mass is 406 g/mol. The molecule has 0 saturated heterocycles. The Bertz CT molecular complexity index is 535. The lowest BCUT2D eigenvalue weighted by Crippen LogP contribution is -2.41. The molecule has 7 heteroatoms. The zero-order valence-corrected chi connectivity index (χ0v) is 14.3. The summed E-state index contributed by atoms with van der Waals surface area (Å²) in [7, 11) is 0. The van der Waals surface area contributed by atoms with Gasteiger partial charge in [-0.15, -0.1) is 0 Å². The predicted octanol–water partition coefficient (Wildman–Crippen LogP) is 3.22. The minimum absolute atomic E-state index is 0.00375. The number of aromatic carboxylic acids is 1. The van der Waals surface area contributed by atoms with Gasteiger partial charge in [0.25, 0.3) is 0 Å². The van der Waals surface area contributed by atoms with Gasteiger partial charge in [0.05, 0.1) is 17.3 Å². The van der Waals surface area contributed by atoms with Gasteiger partial charge in [-0.1, -0.05) is 36.2 Å². The van der Waals surface area contributed by atoms with Crippen molar-refractivity contribution >= 4 is 49.4 Å². The van der Waals surface area contributed by atoms with E-state index in [2.05, 4.69) is 37.2 Å². The maximum absolute atomic E-state index is 12.1. The van der Waals surface area contributed by atoms with Crippen molar-refractivity contribution in [2.75, 3.05) is 5.32 Å². The quantitative estimate of drug-likeness (QED) is 0.698. The van der Waals surface area contributed by atoms with Crippen molar-refractivity contribution in [3.63, 3.8) is 0 Å². The molecule has 0 spiro atoms. The predicted molar refractivity (Wildman–Crippen MR) is 84.9 cm³/mol. The number of benzene rings is 1. The first kappa shape index (κ1) is 17.1. The van der Waals surface area contributed by atoms with E-state index in [4.69, 9.17) is 5.73 Å². The van der Waals surface area contributed by atoms with E-state index in [-0.39, 0.29) is 17.2 Å². The highest BCUT2D eigenvalue weighted by atomic mass is 79.9. The topological polar surface area (TPSA) is 92.4 Å². The number of hydrogen-bond donors (Lipinski definition) is 3. The molecule has 20 heavy (non-hydrogen) atoms. The largest absolute Gasteiger partial charge is 0.478 e. The highest BCUT2D eigenvalue weighted by Crippen LogP contribution is 2.31. The molecule has 1 rings (SSSR count). The van der Waals surface area contributed by atoms with Gasteiger partial charge in [0, 0.05) is 8.95 Å². The Balaban J connectivity index is 3.09. The molecule has 0 saturated carbocycles. The van der Waals surface area contributed by atoms with Crippen molar-refractivity contribution in [3.05, 3.63) is 26.6 Å². The van der Waals surface area contributed by atoms with Crippen LogP contribution in [0.1, 0.15) is 30.6 Å². The summed E-state index contributed by atoms with van der Waals surface area (Å²) in [6.07, 6.45) is 0.766. The summed E-state index contributed by atoms with van der Waals surface area (Å²) in [6, 6.07) is 2.41. The fourth-order valence-corrected chi connectivity index (χ4v) is 2.91. The minimum atomic E-state index is -1.13. The van der Waals surface area contributed by atoms with Crippen LogP contribution in [0.5, 0.6) is 0 Å². The third-order valence-corrected chi connectivity index (χ3v) is 4.18. The molecule has 5 nitrogen and oxygen atoms in total. The van der Waals surface area contributed by atoms with Crippen molar-refractivity contribution in [1.29, 1.82) is 0 Å². The summed E-state index contributed by atoms with van der Waals surface area (Å²) < 4.78 is 1.08. The van der Waals surface area contributed by atoms with E-state index in [9.17, 15) is 14.7 Å². The van der Waals surface area contributed by atoms with E-state index in [1.807, 2.05) is 13.8 Å². The van der Waals surface area contributed by atoms with Crippen molar-refractivity contribution in [1.82, 2.24) is 0 Å². The third kappa shape index (κ3) is 4.04. The molecule has 2 atom stereocenters. The van der Waals surface area contributed by atoms with Crippen LogP contribution in [-0.2, 0) is 4.79 Å². The zero-order valence-electron chi connectivity index (χ0n) is 11.1. The summed E-state index contributed by atoms with van der Waals surface area (Å²) in [5.41, 5.74) is 6.05. The first-order valence-electron chi connectivity index (χ1n) is 6.06. The summed E-state index contributed by atoms with van der Waals surface area (Å²) in [4.78, 5) is 23.3. The number of nitrogens with two attached hydrogens (primary N) is 1. The number of carboxylic acid groups (broad SMARTS) is 1. The summed E-state index contributed by atoms with van der Waals surface area (Å²) >= 11 is 6.46. The van der Waals surface area contributed by atoms with E-state index in [1.165, 1.54) is 6.07 Å². The van der Waals surface area contributed by atoms with Crippen molar-refractivity contribution in [3.8, 4) is 0 Å². The molecule has 110 valence electrons. The number of carbonyl (C=O) groups excluding carboxylic acids is 1. The van der Waals surface area contributed by atoms with Crippen LogP contribution < -0.4 is 11.1 Å². The highest BCUT2D eigenvalue weighted by Gasteiger charge is 2.23. The lowest BCUT2D eigenvalue weighted by molar-refractivity contribution is -0.118. The second kappa shape index (κ2) is 7.19. The summed E-state index contributed by atoms with van der Waals surface area (Å²) in [6.45, 7) is 3.81. The third-order valence-electron chi connectivity index (χ3n) is 3.09. The SMILES string of the molecule is CCC(C)C(N)C(=O)Nc1c(Br)cc(Br)cc1C(=O)O. The number of hydrogen-bond acceptors (Lipinski definition) is 3. The molecule has 0 heterocycles. The van der Waals surface area contributed by atoms with Gasteiger partial charge in [-0.3, -0.25) is 4.79 Å². The van der Waals surface area contributed by atoms with Gasteiger partial charge < -0.3 is 16.2 Å². The van der Waals surface area contributed by atoms with Gasteiger partial charge in [0.15, 0.2) is 0 Å². The van der Waals surface area contributed by atoms with Crippen LogP contribution in [0, 0.1) is 5.92 Å². The van der Waals surface area contributed by atoms with Crippen LogP contribution in [0.25, 0.3) is 0 Å². The Kier molecular flexibility index (Phi) is 6.16. The molecule has 1 aromatic rings. The zero-order chi connectivity index (χ0) is 15.4. The summed E-state index contributed by atoms with van der Waals surface area (Å²) in [5.74, 6) is -1.51. The fourth-order valence-electron chi connectivity index (χ4n) is 1.59. The van der Waals surface area contributed by atoms with Gasteiger partial charge in [-0.2, -0.15) is 0 Å². The molecule has 0 bridgehead atoms. The van der Waals surface area contributed by atoms with Gasteiger partial charge in [-0.25, -0.2) is 4.79 Å². The van der Waals surface area contributed by atoms with Crippen LogP contribution >= 0.6 is 31.9 Å². The molecule has 0 aromatic heterocycles. The number of carbonyl (C=O) groups is 2. The number of anilines is 1. The number of carboxylic acids is 1. The van der Waals surface area contributed by atoms with E-state index in [0.29, 0.717) is 8.95 Å². The maximum atomic E-state index is 12.1. The number of nitrogens with one attached hydrogen (secondary N) is 1. The smallest absolute Gasteiger partial charge is 0.337 e. The standard InChI is InChI=1S/C13H16Br2N2O3/c1-3-6(2)10(16)12(18)17-11-8(13(19)20)4-7(14)5-9(11)15/h4-6,10H,3,16H2,1-2H3,(H,17,18)(H,19,20). The van der Waals surface area contributed by atoms with Crippen LogP contribution in [0.15, 0.2) is 21.1 Å². The molecular formula is C13H16Br2N2O3. The normalized spacial score (nSPS) is 13.7. The van der Waals surface area contributed by atoms with Crippen LogP contribution in [0.2, 0.25) is 0 Å². The molecule has 1 amide bonds. The summed E-state index contributed by atoms with van der Waals surface area (Å²) in [5, 5.41) is 11.8. The van der Waals surface area contributed by atoms with Gasteiger partial charge in [-0.05, 0) is 34.0 Å². The first-order chi connectivity index (χ1) is 9.27. The Morgan fingerprint density at radius 3 is 2.50 bits per heavy atom. The lowest BCUT2D eigenvalue weighted by atomic mass is 9.99. The minimum Gasteiger partial charge on any atom is -0.478 e. The van der Waals surface area contributed by atoms with Crippen molar-refractivity contribution in [2.45, 2.75) is 26.3 Å². The fraction of sp³-hybridized carbons (Fsp3) is 0.385. The molecule has 1 aromatic carbocycles. The van der Waals surface area contributed by atoms with Crippen LogP contribution in [0.3, 0.4) is 0 Å². The van der Waals surface area contributed by atoms with E-state index in [0.717, 1.165) is 6.42 Å². The number of halogens is 2. The van der Waals surface area contributed by atoms with Crippen molar-refractivity contribution in [2.24, 2.45) is 11.7 Å². The van der Waals surface area contributed by atoms with E-state index < -0.39 is 17.9 Å². The van der Waals surface area contributed by atoms with E-state index in [1.54, 1.807) is 6.07 Å². The molecule has 0 radical (unpaired) electrons. The average Bonchev–Trinajstić information content (AvgIpc) is 2.39. The number of amides is 1. The Hall–Kier alpha value is -0.920. The molecule has 0 fully saturated rings. The molecule has 0 aliphatic heterocycles. The maximum Gasteiger partial charge on any atom is 0.337 e. The molecular weight excluding hydrogens is 392 g/mol. The molecule has 0 aliphatic rings. The van der Waals surface area contributed by atoms with Gasteiger partial charge >= 0.3 is 5.97 Å². The second-order valence-electron chi connectivity index (χ2n) is 4.52. The Morgan fingerprint density at radius 2 is 2.00 bits per heavy atom. The first-order valence-corrected chi connectivity index (χ1v) is 7.65. The van der Waals surface area contributed by atoms with Crippen LogP contribution in [0.4, 0.5) is 5.69 Å². The molecule has 4 N–H and O–H groups in total. The van der Waals surface area contributed by atoms with E-state index >= 15 is 0 Å².